The highest BCUT2D eigenvalue weighted by Crippen LogP contribution is 2.28. The first-order valence-electron chi connectivity index (χ1n) is 7.29. The predicted molar refractivity (Wildman–Crippen MR) is 86.9 cm³/mol. The van der Waals surface area contributed by atoms with Gasteiger partial charge in [0.25, 0.3) is 0 Å². The molecule has 0 aliphatic carbocycles. The van der Waals surface area contributed by atoms with Crippen molar-refractivity contribution in [1.29, 1.82) is 0 Å². The van der Waals surface area contributed by atoms with Gasteiger partial charge in [0.15, 0.2) is 11.6 Å². The molecule has 0 unspecified atom stereocenters. The molecule has 0 atom stereocenters. The fraction of sp³-hybridized carbons (Fsp3) is 0.118. The van der Waals surface area contributed by atoms with Gasteiger partial charge in [-0.25, -0.2) is 4.98 Å². The summed E-state index contributed by atoms with van der Waals surface area (Å²) >= 11 is 0. The third-order valence-corrected chi connectivity index (χ3v) is 3.66. The van der Waals surface area contributed by atoms with Crippen molar-refractivity contribution in [2.24, 2.45) is 7.05 Å². The average molecular weight is 305 g/mol. The average Bonchev–Trinajstić information content (AvgIpc) is 3.06. The van der Waals surface area contributed by atoms with Crippen LogP contribution in [0.5, 0.6) is 5.75 Å². The minimum Gasteiger partial charge on any atom is -0.464 e. The van der Waals surface area contributed by atoms with Crippen molar-refractivity contribution in [2.45, 2.75) is 6.92 Å². The van der Waals surface area contributed by atoms with E-state index in [1.54, 1.807) is 21.8 Å². The number of para-hydroxylation sites is 1. The van der Waals surface area contributed by atoms with E-state index >= 15 is 0 Å². The van der Waals surface area contributed by atoms with Crippen molar-refractivity contribution < 1.29 is 4.74 Å². The summed E-state index contributed by atoms with van der Waals surface area (Å²) in [6, 6.07) is 9.80. The standard InChI is InChI=1S/C17H15N5O/c1-12-19-17(22(20-12)16-7-9-18-21(16)2)14-8-10-23-15-6-4-3-5-13(15)11-14/h3-11H,1-2H3. The Hall–Kier alpha value is -3.15. The molecule has 2 aromatic heterocycles. The van der Waals surface area contributed by atoms with Crippen LogP contribution in [0.3, 0.4) is 0 Å². The third kappa shape index (κ3) is 2.34. The largest absolute Gasteiger partial charge is 0.464 e. The smallest absolute Gasteiger partial charge is 0.165 e. The van der Waals surface area contributed by atoms with E-state index < -0.39 is 0 Å². The molecule has 0 radical (unpaired) electrons. The van der Waals surface area contributed by atoms with Crippen molar-refractivity contribution in [2.75, 3.05) is 0 Å². The number of hydrogen-bond acceptors (Lipinski definition) is 4. The minimum atomic E-state index is 0.703. The summed E-state index contributed by atoms with van der Waals surface area (Å²) in [4.78, 5) is 4.58. The first kappa shape index (κ1) is 13.5. The summed E-state index contributed by atoms with van der Waals surface area (Å²) in [6.07, 6.45) is 7.37. The molecule has 0 spiro atoms. The van der Waals surface area contributed by atoms with Gasteiger partial charge in [-0.05, 0) is 25.1 Å². The maximum absolute atomic E-state index is 5.65. The maximum Gasteiger partial charge on any atom is 0.165 e. The van der Waals surface area contributed by atoms with Crippen LogP contribution in [0.25, 0.3) is 17.5 Å². The highest BCUT2D eigenvalue weighted by atomic mass is 16.5. The van der Waals surface area contributed by atoms with Crippen molar-refractivity contribution in [3.8, 4) is 11.6 Å². The lowest BCUT2D eigenvalue weighted by Gasteiger charge is -2.06. The molecule has 114 valence electrons. The van der Waals surface area contributed by atoms with Gasteiger partial charge in [-0.15, -0.1) is 5.10 Å². The van der Waals surface area contributed by atoms with Crippen molar-refractivity contribution >= 4 is 11.6 Å². The van der Waals surface area contributed by atoms with Gasteiger partial charge in [-0.3, -0.25) is 4.68 Å². The second-order valence-electron chi connectivity index (χ2n) is 5.27. The SMILES string of the molecule is Cc1nc(C2=Cc3ccccc3OC=C2)n(-c2ccnn2C)n1. The molecule has 0 saturated heterocycles. The van der Waals surface area contributed by atoms with Gasteiger partial charge in [0.1, 0.15) is 11.6 Å². The number of fused-ring (bicyclic) bond motifs is 1. The zero-order valence-corrected chi connectivity index (χ0v) is 12.8. The lowest BCUT2D eigenvalue weighted by Crippen LogP contribution is -2.07. The number of allylic oxidation sites excluding steroid dienone is 2. The normalized spacial score (nSPS) is 13.2. The van der Waals surface area contributed by atoms with E-state index in [9.17, 15) is 0 Å². The molecule has 0 bridgehead atoms. The zero-order valence-electron chi connectivity index (χ0n) is 12.8. The van der Waals surface area contributed by atoms with Crippen LogP contribution < -0.4 is 4.74 Å². The van der Waals surface area contributed by atoms with Crippen LogP contribution >= 0.6 is 0 Å². The Morgan fingerprint density at radius 1 is 1.13 bits per heavy atom. The maximum atomic E-state index is 5.65. The van der Waals surface area contributed by atoms with Gasteiger partial charge in [0, 0.05) is 24.3 Å². The highest BCUT2D eigenvalue weighted by molar-refractivity contribution is 5.87. The summed E-state index contributed by atoms with van der Waals surface area (Å²) in [5.74, 6) is 3.13. The van der Waals surface area contributed by atoms with Crippen LogP contribution in [-0.2, 0) is 7.05 Å². The van der Waals surface area contributed by atoms with E-state index in [0.717, 1.165) is 28.5 Å². The molecular formula is C17H15N5O. The van der Waals surface area contributed by atoms with Gasteiger partial charge in [0.2, 0.25) is 0 Å². The molecule has 23 heavy (non-hydrogen) atoms. The third-order valence-electron chi connectivity index (χ3n) is 3.66. The summed E-state index contributed by atoms with van der Waals surface area (Å²) < 4.78 is 9.22. The molecule has 1 aliphatic heterocycles. The summed E-state index contributed by atoms with van der Waals surface area (Å²) in [6.45, 7) is 1.88. The lowest BCUT2D eigenvalue weighted by molar-refractivity contribution is 0.481. The first-order valence-corrected chi connectivity index (χ1v) is 7.29. The Morgan fingerprint density at radius 3 is 2.83 bits per heavy atom. The van der Waals surface area contributed by atoms with Crippen LogP contribution in [0.15, 0.2) is 48.9 Å². The summed E-state index contributed by atoms with van der Waals surface area (Å²) in [5, 5.41) is 8.71. The van der Waals surface area contributed by atoms with Crippen molar-refractivity contribution in [3.63, 3.8) is 0 Å². The Bertz CT molecular complexity index is 932. The van der Waals surface area contributed by atoms with Gasteiger partial charge in [0.05, 0.1) is 12.5 Å². The molecule has 3 aromatic rings. The second kappa shape index (κ2) is 5.24. The number of nitrogens with zero attached hydrogens (tertiary/aromatic N) is 5. The zero-order chi connectivity index (χ0) is 15.8. The number of hydrogen-bond donors (Lipinski definition) is 0. The second-order valence-corrected chi connectivity index (χ2v) is 5.27. The highest BCUT2D eigenvalue weighted by Gasteiger charge is 2.16. The van der Waals surface area contributed by atoms with E-state index in [-0.39, 0.29) is 0 Å². The molecule has 0 fully saturated rings. The number of ether oxygens (including phenoxy) is 1. The first-order chi connectivity index (χ1) is 11.2. The molecule has 6 nitrogen and oxygen atoms in total. The minimum absolute atomic E-state index is 0.703. The van der Waals surface area contributed by atoms with Crippen LogP contribution in [0.4, 0.5) is 0 Å². The van der Waals surface area contributed by atoms with E-state index in [4.69, 9.17) is 4.74 Å². The quantitative estimate of drug-likeness (QED) is 0.730. The molecule has 4 rings (SSSR count). The van der Waals surface area contributed by atoms with Gasteiger partial charge in [-0.2, -0.15) is 9.78 Å². The summed E-state index contributed by atoms with van der Waals surface area (Å²) in [5.41, 5.74) is 1.93. The predicted octanol–water partition coefficient (Wildman–Crippen LogP) is 2.76. The van der Waals surface area contributed by atoms with Gasteiger partial charge in [-0.1, -0.05) is 18.2 Å². The number of benzene rings is 1. The van der Waals surface area contributed by atoms with E-state index in [2.05, 4.69) is 21.3 Å². The van der Waals surface area contributed by atoms with Crippen LogP contribution in [0, 0.1) is 6.92 Å². The number of aromatic nitrogens is 5. The van der Waals surface area contributed by atoms with Crippen LogP contribution in [0.2, 0.25) is 0 Å². The van der Waals surface area contributed by atoms with E-state index in [1.807, 2.05) is 50.4 Å². The topological polar surface area (TPSA) is 57.8 Å². The van der Waals surface area contributed by atoms with Gasteiger partial charge >= 0.3 is 0 Å². The molecule has 0 amide bonds. The fourth-order valence-electron chi connectivity index (χ4n) is 2.58. The number of aryl methyl sites for hydroxylation is 2. The van der Waals surface area contributed by atoms with Crippen molar-refractivity contribution in [1.82, 2.24) is 24.5 Å². The Kier molecular flexibility index (Phi) is 3.08. The summed E-state index contributed by atoms with van der Waals surface area (Å²) in [7, 11) is 1.88. The number of rotatable bonds is 2. The van der Waals surface area contributed by atoms with Gasteiger partial charge < -0.3 is 4.74 Å². The molecule has 1 aromatic carbocycles. The van der Waals surface area contributed by atoms with E-state index in [0.29, 0.717) is 5.82 Å². The van der Waals surface area contributed by atoms with Crippen molar-refractivity contribution in [3.05, 3.63) is 66.1 Å². The molecule has 0 N–H and O–H groups in total. The Morgan fingerprint density at radius 2 is 2.00 bits per heavy atom. The molecule has 0 saturated carbocycles. The molecule has 6 heteroatoms. The molecular weight excluding hydrogens is 290 g/mol. The van der Waals surface area contributed by atoms with E-state index in [1.165, 1.54) is 0 Å². The molecule has 3 heterocycles. The fourth-order valence-corrected chi connectivity index (χ4v) is 2.58. The molecule has 1 aliphatic rings. The monoisotopic (exact) mass is 305 g/mol. The van der Waals surface area contributed by atoms with Crippen LogP contribution in [0.1, 0.15) is 17.2 Å². The van der Waals surface area contributed by atoms with Crippen LogP contribution in [-0.4, -0.2) is 24.5 Å². The Labute approximate surface area is 133 Å². The lowest BCUT2D eigenvalue weighted by atomic mass is 10.1. The Balaban J connectivity index is 1.89.